The van der Waals surface area contributed by atoms with E-state index in [1.807, 2.05) is 53.4 Å². The van der Waals surface area contributed by atoms with E-state index >= 15 is 0 Å². The average Bonchev–Trinajstić information content (AvgIpc) is 2.91. The second kappa shape index (κ2) is 9.76. The van der Waals surface area contributed by atoms with Gasteiger partial charge in [-0.1, -0.05) is 48.2 Å². The largest absolute Gasteiger partial charge is 0.465 e. The number of thioether (sulfide) groups is 1. The molecule has 0 radical (unpaired) electrons. The first-order valence-electron chi connectivity index (χ1n) is 11.3. The Hall–Kier alpha value is -3.91. The van der Waals surface area contributed by atoms with E-state index in [0.29, 0.717) is 33.9 Å². The molecule has 0 aliphatic carbocycles. The molecule has 0 unspecified atom stereocenters. The molecule has 4 aromatic rings. The van der Waals surface area contributed by atoms with Crippen molar-refractivity contribution < 1.29 is 14.3 Å². The van der Waals surface area contributed by atoms with Crippen molar-refractivity contribution in [3.63, 3.8) is 0 Å². The first kappa shape index (κ1) is 22.9. The molecule has 0 fully saturated rings. The molecule has 1 aliphatic heterocycles. The van der Waals surface area contributed by atoms with Crippen molar-refractivity contribution in [2.75, 3.05) is 24.3 Å². The summed E-state index contributed by atoms with van der Waals surface area (Å²) in [7, 11) is 1.30. The van der Waals surface area contributed by atoms with Gasteiger partial charge in [-0.3, -0.25) is 14.2 Å². The number of carbonyl (C=O) groups is 2. The molecule has 0 N–H and O–H groups in total. The minimum Gasteiger partial charge on any atom is -0.465 e. The second-order valence-electron chi connectivity index (χ2n) is 8.16. The van der Waals surface area contributed by atoms with Gasteiger partial charge in [-0.15, -0.1) is 0 Å². The quantitative estimate of drug-likeness (QED) is 0.239. The summed E-state index contributed by atoms with van der Waals surface area (Å²) < 4.78 is 6.32. The molecule has 1 aromatic heterocycles. The van der Waals surface area contributed by atoms with Gasteiger partial charge in [0.25, 0.3) is 5.56 Å². The number of carbonyl (C=O) groups excluding carboxylic acids is 2. The predicted octanol–water partition coefficient (Wildman–Crippen LogP) is 4.24. The number of anilines is 1. The number of rotatable bonds is 5. The van der Waals surface area contributed by atoms with Gasteiger partial charge in [-0.25, -0.2) is 9.78 Å². The standard InChI is InChI=1S/C27H23N3O4S/c1-34-26(33)19-13-14-21-22(16-19)28-27(30(25(21)32)20-10-3-2-4-11-20)35-17-24(31)29-15-7-9-18-8-5-6-12-23(18)29/h2-6,8,10-14,16H,7,9,15,17H2,1H3. The predicted molar refractivity (Wildman–Crippen MR) is 137 cm³/mol. The molecule has 1 aliphatic rings. The number of fused-ring (bicyclic) bond motifs is 2. The number of amides is 1. The lowest BCUT2D eigenvalue weighted by molar-refractivity contribution is -0.116. The number of aryl methyl sites for hydroxylation is 1. The molecule has 0 atom stereocenters. The van der Waals surface area contributed by atoms with Crippen LogP contribution < -0.4 is 10.5 Å². The molecular weight excluding hydrogens is 462 g/mol. The third-order valence-corrected chi connectivity index (χ3v) is 6.93. The van der Waals surface area contributed by atoms with E-state index in [9.17, 15) is 14.4 Å². The smallest absolute Gasteiger partial charge is 0.337 e. The fraction of sp³-hybridized carbons (Fsp3) is 0.185. The Labute approximate surface area is 206 Å². The van der Waals surface area contributed by atoms with Gasteiger partial charge in [0.05, 0.1) is 35.0 Å². The van der Waals surface area contributed by atoms with Crippen molar-refractivity contribution >= 4 is 40.2 Å². The maximum absolute atomic E-state index is 13.5. The number of methoxy groups -OCH3 is 1. The van der Waals surface area contributed by atoms with Crippen LogP contribution in [0.2, 0.25) is 0 Å². The minimum absolute atomic E-state index is 0.0422. The summed E-state index contributed by atoms with van der Waals surface area (Å²) in [5.41, 5.74) is 3.18. The van der Waals surface area contributed by atoms with Crippen LogP contribution >= 0.6 is 11.8 Å². The zero-order valence-corrected chi connectivity index (χ0v) is 20.0. The molecule has 35 heavy (non-hydrogen) atoms. The number of esters is 1. The molecule has 8 heteroatoms. The van der Waals surface area contributed by atoms with Gasteiger partial charge in [0.1, 0.15) is 0 Å². The highest BCUT2D eigenvalue weighted by molar-refractivity contribution is 7.99. The van der Waals surface area contributed by atoms with E-state index in [0.717, 1.165) is 24.1 Å². The van der Waals surface area contributed by atoms with E-state index in [1.54, 1.807) is 18.2 Å². The lowest BCUT2D eigenvalue weighted by atomic mass is 10.0. The van der Waals surface area contributed by atoms with Crippen molar-refractivity contribution in [2.45, 2.75) is 18.0 Å². The van der Waals surface area contributed by atoms with Gasteiger partial charge in [0.15, 0.2) is 5.16 Å². The first-order chi connectivity index (χ1) is 17.1. The zero-order valence-electron chi connectivity index (χ0n) is 19.1. The molecule has 0 bridgehead atoms. The van der Waals surface area contributed by atoms with Crippen LogP contribution in [-0.4, -0.2) is 40.8 Å². The van der Waals surface area contributed by atoms with Gasteiger partial charge >= 0.3 is 5.97 Å². The van der Waals surface area contributed by atoms with Gasteiger partial charge < -0.3 is 9.64 Å². The summed E-state index contributed by atoms with van der Waals surface area (Å²) in [6.07, 6.45) is 1.86. The van der Waals surface area contributed by atoms with Crippen LogP contribution in [0, 0.1) is 0 Å². The fourth-order valence-corrected chi connectivity index (χ4v) is 5.20. The molecule has 0 saturated heterocycles. The van der Waals surface area contributed by atoms with Gasteiger partial charge in [-0.2, -0.15) is 0 Å². The Morgan fingerprint density at radius 1 is 1.03 bits per heavy atom. The molecule has 2 heterocycles. The van der Waals surface area contributed by atoms with Gasteiger partial charge in [0.2, 0.25) is 5.91 Å². The van der Waals surface area contributed by atoms with E-state index in [2.05, 4.69) is 6.07 Å². The first-order valence-corrected chi connectivity index (χ1v) is 12.3. The summed E-state index contributed by atoms with van der Waals surface area (Å²) in [5, 5.41) is 0.761. The lowest BCUT2D eigenvalue weighted by Gasteiger charge is -2.29. The number of nitrogens with zero attached hydrogens (tertiary/aromatic N) is 3. The average molecular weight is 486 g/mol. The number of hydrogen-bond donors (Lipinski definition) is 0. The van der Waals surface area contributed by atoms with Crippen molar-refractivity contribution in [2.24, 2.45) is 0 Å². The second-order valence-corrected chi connectivity index (χ2v) is 9.10. The zero-order chi connectivity index (χ0) is 24.4. The molecule has 0 spiro atoms. The summed E-state index contributed by atoms with van der Waals surface area (Å²) >= 11 is 1.21. The third kappa shape index (κ3) is 4.44. The van der Waals surface area contributed by atoms with Crippen LogP contribution in [0.4, 0.5) is 5.69 Å². The Morgan fingerprint density at radius 3 is 2.60 bits per heavy atom. The number of benzene rings is 3. The molecule has 1 amide bonds. The van der Waals surface area contributed by atoms with Crippen LogP contribution in [0.25, 0.3) is 16.6 Å². The number of hydrogen-bond acceptors (Lipinski definition) is 6. The number of aromatic nitrogens is 2. The van der Waals surface area contributed by atoms with Gasteiger partial charge in [0, 0.05) is 12.2 Å². The van der Waals surface area contributed by atoms with Crippen LogP contribution in [0.15, 0.2) is 82.7 Å². The molecule has 0 saturated carbocycles. The van der Waals surface area contributed by atoms with Crippen molar-refractivity contribution in [1.29, 1.82) is 0 Å². The molecule has 3 aromatic carbocycles. The van der Waals surface area contributed by atoms with Gasteiger partial charge in [-0.05, 0) is 54.8 Å². The normalized spacial score (nSPS) is 12.9. The summed E-state index contributed by atoms with van der Waals surface area (Å²) in [4.78, 5) is 45.3. The van der Waals surface area contributed by atoms with E-state index in [1.165, 1.54) is 23.4 Å². The van der Waals surface area contributed by atoms with Crippen molar-refractivity contribution in [1.82, 2.24) is 9.55 Å². The molecular formula is C27H23N3O4S. The monoisotopic (exact) mass is 485 g/mol. The van der Waals surface area contributed by atoms with E-state index in [-0.39, 0.29) is 17.2 Å². The highest BCUT2D eigenvalue weighted by Gasteiger charge is 2.23. The number of ether oxygens (including phenoxy) is 1. The molecule has 5 rings (SSSR count). The van der Waals surface area contributed by atoms with E-state index in [4.69, 9.17) is 9.72 Å². The van der Waals surface area contributed by atoms with Crippen molar-refractivity contribution in [3.05, 3.63) is 94.3 Å². The van der Waals surface area contributed by atoms with Crippen molar-refractivity contribution in [3.8, 4) is 5.69 Å². The highest BCUT2D eigenvalue weighted by Crippen LogP contribution is 2.29. The molecule has 7 nitrogen and oxygen atoms in total. The Balaban J connectivity index is 1.53. The lowest BCUT2D eigenvalue weighted by Crippen LogP contribution is -2.36. The summed E-state index contributed by atoms with van der Waals surface area (Å²) in [6.45, 7) is 0.662. The number of para-hydroxylation sites is 2. The highest BCUT2D eigenvalue weighted by atomic mass is 32.2. The Morgan fingerprint density at radius 2 is 1.80 bits per heavy atom. The van der Waals surface area contributed by atoms with Crippen LogP contribution in [-0.2, 0) is 16.0 Å². The van der Waals surface area contributed by atoms with Crippen LogP contribution in [0.1, 0.15) is 22.3 Å². The van der Waals surface area contributed by atoms with E-state index < -0.39 is 5.97 Å². The maximum Gasteiger partial charge on any atom is 0.337 e. The topological polar surface area (TPSA) is 81.5 Å². The SMILES string of the molecule is COC(=O)c1ccc2c(=O)n(-c3ccccc3)c(SCC(=O)N3CCCc4ccccc43)nc2c1. The summed E-state index contributed by atoms with van der Waals surface area (Å²) in [6, 6.07) is 21.8. The maximum atomic E-state index is 13.5. The summed E-state index contributed by atoms with van der Waals surface area (Å²) in [5.74, 6) is -0.427. The minimum atomic E-state index is -0.505. The Kier molecular flexibility index (Phi) is 6.37. The molecule has 176 valence electrons. The van der Waals surface area contributed by atoms with Crippen LogP contribution in [0.3, 0.4) is 0 Å². The van der Waals surface area contributed by atoms with Crippen LogP contribution in [0.5, 0.6) is 0 Å². The Bertz CT molecular complexity index is 1480. The third-order valence-electron chi connectivity index (χ3n) is 6.01. The fourth-order valence-electron chi connectivity index (χ4n) is 4.31.